The van der Waals surface area contributed by atoms with Gasteiger partial charge in [-0.2, -0.15) is 5.10 Å². The molecule has 130 valence electrons. The number of imide groups is 1. The summed E-state index contributed by atoms with van der Waals surface area (Å²) in [7, 11) is 0. The first-order valence-corrected chi connectivity index (χ1v) is 7.88. The van der Waals surface area contributed by atoms with Crippen molar-refractivity contribution >= 4 is 17.9 Å². The molecule has 2 aromatic rings. The number of cyclic esters (lactones) is 1. The Morgan fingerprint density at radius 3 is 2.64 bits per heavy atom. The minimum absolute atomic E-state index is 0.0131. The fraction of sp³-hybridized carbons (Fsp3) is 0.294. The van der Waals surface area contributed by atoms with E-state index >= 15 is 0 Å². The second-order valence-corrected chi connectivity index (χ2v) is 5.69. The Morgan fingerprint density at radius 1 is 1.28 bits per heavy atom. The highest BCUT2D eigenvalue weighted by atomic mass is 16.6. The average Bonchev–Trinajstić information content (AvgIpc) is 3.26. The Labute approximate surface area is 144 Å². The second kappa shape index (κ2) is 7.16. The van der Waals surface area contributed by atoms with Gasteiger partial charge in [-0.25, -0.2) is 9.69 Å². The number of aromatic nitrogens is 2. The molecule has 2 unspecified atom stereocenters. The summed E-state index contributed by atoms with van der Waals surface area (Å²) in [5, 5.41) is 6.95. The Hall–Kier alpha value is -3.16. The highest BCUT2D eigenvalue weighted by Crippen LogP contribution is 2.18. The van der Waals surface area contributed by atoms with Crippen molar-refractivity contribution in [3.63, 3.8) is 0 Å². The van der Waals surface area contributed by atoms with Crippen molar-refractivity contribution < 1.29 is 19.1 Å². The number of carbonyl (C=O) groups is 3. The molecule has 1 N–H and O–H groups in total. The van der Waals surface area contributed by atoms with Crippen LogP contribution in [-0.4, -0.2) is 45.7 Å². The molecule has 1 aliphatic heterocycles. The molecule has 3 rings (SSSR count). The number of benzene rings is 1. The molecule has 1 aromatic carbocycles. The van der Waals surface area contributed by atoms with E-state index in [-0.39, 0.29) is 19.1 Å². The van der Waals surface area contributed by atoms with Gasteiger partial charge < -0.3 is 10.1 Å². The zero-order valence-electron chi connectivity index (χ0n) is 13.7. The van der Waals surface area contributed by atoms with Crippen molar-refractivity contribution in [2.75, 3.05) is 13.2 Å². The Balaban J connectivity index is 1.78. The van der Waals surface area contributed by atoms with E-state index in [4.69, 9.17) is 4.74 Å². The number of amides is 3. The topological polar surface area (TPSA) is 93.5 Å². The van der Waals surface area contributed by atoms with Gasteiger partial charge in [-0.3, -0.25) is 14.3 Å². The van der Waals surface area contributed by atoms with Crippen molar-refractivity contribution in [2.24, 2.45) is 0 Å². The highest BCUT2D eigenvalue weighted by Gasteiger charge is 2.34. The highest BCUT2D eigenvalue weighted by molar-refractivity contribution is 5.97. The molecular formula is C17H18N4O4. The fourth-order valence-corrected chi connectivity index (χ4v) is 2.58. The monoisotopic (exact) mass is 342 g/mol. The van der Waals surface area contributed by atoms with E-state index in [1.54, 1.807) is 25.4 Å². The molecule has 8 heteroatoms. The first kappa shape index (κ1) is 16.7. The summed E-state index contributed by atoms with van der Waals surface area (Å²) >= 11 is 0. The molecule has 25 heavy (non-hydrogen) atoms. The number of hydrogen-bond acceptors (Lipinski definition) is 5. The van der Waals surface area contributed by atoms with Crippen LogP contribution in [0.5, 0.6) is 0 Å². The molecule has 1 aliphatic rings. The summed E-state index contributed by atoms with van der Waals surface area (Å²) in [5.41, 5.74) is 0.788. The second-order valence-electron chi connectivity index (χ2n) is 5.69. The first-order chi connectivity index (χ1) is 12.1. The van der Waals surface area contributed by atoms with Gasteiger partial charge in [0.25, 0.3) is 5.91 Å². The van der Waals surface area contributed by atoms with Crippen LogP contribution in [0.3, 0.4) is 0 Å². The maximum absolute atomic E-state index is 12.6. The molecule has 1 aromatic heterocycles. The van der Waals surface area contributed by atoms with Crippen LogP contribution in [0.1, 0.15) is 24.6 Å². The van der Waals surface area contributed by atoms with Gasteiger partial charge >= 0.3 is 6.09 Å². The molecule has 1 fully saturated rings. The summed E-state index contributed by atoms with van der Waals surface area (Å²) in [6, 6.07) is 9.83. The van der Waals surface area contributed by atoms with Crippen molar-refractivity contribution in [1.82, 2.24) is 20.0 Å². The molecule has 2 atom stereocenters. The van der Waals surface area contributed by atoms with Crippen LogP contribution >= 0.6 is 0 Å². The van der Waals surface area contributed by atoms with E-state index in [0.29, 0.717) is 0 Å². The number of carbonyl (C=O) groups excluding carboxylic acids is 3. The molecule has 0 spiro atoms. The lowest BCUT2D eigenvalue weighted by molar-refractivity contribution is -0.128. The third kappa shape index (κ3) is 3.68. The quantitative estimate of drug-likeness (QED) is 0.853. The van der Waals surface area contributed by atoms with E-state index < -0.39 is 24.1 Å². The van der Waals surface area contributed by atoms with Gasteiger partial charge in [-0.15, -0.1) is 0 Å². The number of rotatable bonds is 6. The Bertz CT molecular complexity index is 744. The van der Waals surface area contributed by atoms with Gasteiger partial charge in [0.05, 0.1) is 12.6 Å². The van der Waals surface area contributed by atoms with E-state index in [9.17, 15) is 14.4 Å². The van der Waals surface area contributed by atoms with Gasteiger partial charge in [0.2, 0.25) is 5.91 Å². The van der Waals surface area contributed by atoms with E-state index in [1.807, 2.05) is 30.3 Å². The Morgan fingerprint density at radius 2 is 2.04 bits per heavy atom. The summed E-state index contributed by atoms with van der Waals surface area (Å²) in [6.45, 7) is 1.47. The van der Waals surface area contributed by atoms with Crippen molar-refractivity contribution in [3.8, 4) is 0 Å². The van der Waals surface area contributed by atoms with Crippen LogP contribution in [0.4, 0.5) is 4.79 Å². The zero-order valence-corrected chi connectivity index (χ0v) is 13.7. The summed E-state index contributed by atoms with van der Waals surface area (Å²) in [4.78, 5) is 37.1. The van der Waals surface area contributed by atoms with E-state index in [1.165, 1.54) is 4.68 Å². The maximum Gasteiger partial charge on any atom is 0.417 e. The SMILES string of the molecule is CC(C(=O)NC(CN1C(=O)COC1=O)c1ccccc1)n1cccn1. The molecule has 2 heterocycles. The standard InChI is InChI=1S/C17H18N4O4/c1-12(21-9-5-8-18-21)16(23)19-14(13-6-3-2-4-7-13)10-20-15(22)11-25-17(20)24/h2-9,12,14H,10-11H2,1H3,(H,19,23). The zero-order chi connectivity index (χ0) is 17.8. The van der Waals surface area contributed by atoms with Crippen LogP contribution in [0.25, 0.3) is 0 Å². The van der Waals surface area contributed by atoms with Gasteiger partial charge in [-0.05, 0) is 18.6 Å². The molecular weight excluding hydrogens is 324 g/mol. The minimum Gasteiger partial charge on any atom is -0.439 e. The largest absolute Gasteiger partial charge is 0.439 e. The predicted octanol–water partition coefficient (Wildman–Crippen LogP) is 1.28. The summed E-state index contributed by atoms with van der Waals surface area (Å²) in [6.07, 6.45) is 2.60. The van der Waals surface area contributed by atoms with Crippen molar-refractivity contribution in [2.45, 2.75) is 19.0 Å². The fourth-order valence-electron chi connectivity index (χ4n) is 2.58. The van der Waals surface area contributed by atoms with Gasteiger partial charge in [0.15, 0.2) is 6.61 Å². The van der Waals surface area contributed by atoms with Crippen molar-refractivity contribution in [1.29, 1.82) is 0 Å². The summed E-state index contributed by atoms with van der Waals surface area (Å²) in [5.74, 6) is -0.683. The van der Waals surface area contributed by atoms with Crippen LogP contribution in [-0.2, 0) is 14.3 Å². The van der Waals surface area contributed by atoms with Gasteiger partial charge in [0, 0.05) is 12.4 Å². The molecule has 1 saturated heterocycles. The molecule has 0 saturated carbocycles. The third-order valence-electron chi connectivity index (χ3n) is 4.03. The minimum atomic E-state index is -0.694. The molecule has 0 bridgehead atoms. The lowest BCUT2D eigenvalue weighted by Gasteiger charge is -2.24. The number of hydrogen-bond donors (Lipinski definition) is 1. The molecule has 8 nitrogen and oxygen atoms in total. The summed E-state index contributed by atoms with van der Waals surface area (Å²) < 4.78 is 6.27. The predicted molar refractivity (Wildman–Crippen MR) is 87.3 cm³/mol. The van der Waals surface area contributed by atoms with Crippen LogP contribution in [0.15, 0.2) is 48.8 Å². The van der Waals surface area contributed by atoms with E-state index in [2.05, 4.69) is 10.4 Å². The smallest absolute Gasteiger partial charge is 0.417 e. The molecule has 3 amide bonds. The number of nitrogens with one attached hydrogen (secondary N) is 1. The van der Waals surface area contributed by atoms with Crippen LogP contribution < -0.4 is 5.32 Å². The maximum atomic E-state index is 12.6. The van der Waals surface area contributed by atoms with Crippen LogP contribution in [0.2, 0.25) is 0 Å². The van der Waals surface area contributed by atoms with Gasteiger partial charge in [0.1, 0.15) is 6.04 Å². The lowest BCUT2D eigenvalue weighted by atomic mass is 10.1. The normalized spacial score (nSPS) is 16.4. The average molecular weight is 342 g/mol. The number of nitrogens with zero attached hydrogens (tertiary/aromatic N) is 3. The van der Waals surface area contributed by atoms with Gasteiger partial charge in [-0.1, -0.05) is 30.3 Å². The van der Waals surface area contributed by atoms with Crippen molar-refractivity contribution in [3.05, 3.63) is 54.4 Å². The lowest BCUT2D eigenvalue weighted by Crippen LogP contribution is -2.42. The molecule has 0 aliphatic carbocycles. The number of ether oxygens (including phenoxy) is 1. The third-order valence-corrected chi connectivity index (χ3v) is 4.03. The van der Waals surface area contributed by atoms with E-state index in [0.717, 1.165) is 10.5 Å². The Kier molecular flexibility index (Phi) is 4.78. The van der Waals surface area contributed by atoms with Crippen LogP contribution in [0, 0.1) is 0 Å². The molecule has 0 radical (unpaired) electrons. The first-order valence-electron chi connectivity index (χ1n) is 7.88.